The van der Waals surface area contributed by atoms with Crippen LogP contribution in [0.5, 0.6) is 0 Å². The summed E-state index contributed by atoms with van der Waals surface area (Å²) in [6.07, 6.45) is 3.08. The average molecular weight is 256 g/mol. The first-order valence-corrected chi connectivity index (χ1v) is 6.56. The van der Waals surface area contributed by atoms with Gasteiger partial charge in [-0.05, 0) is 49.8 Å². The number of rotatable bonds is 2. The van der Waals surface area contributed by atoms with Crippen LogP contribution in [-0.2, 0) is 6.42 Å². The van der Waals surface area contributed by atoms with Gasteiger partial charge in [-0.15, -0.1) is 0 Å². The second kappa shape index (κ2) is 4.95. The van der Waals surface area contributed by atoms with Crippen molar-refractivity contribution in [1.82, 2.24) is 0 Å². The lowest BCUT2D eigenvalue weighted by Gasteiger charge is -2.32. The number of hydrogen-bond donors (Lipinski definition) is 1. The van der Waals surface area contributed by atoms with Gasteiger partial charge in [0.1, 0.15) is 5.67 Å². The Kier molecular flexibility index (Phi) is 3.74. The molecule has 0 aliphatic heterocycles. The van der Waals surface area contributed by atoms with Crippen LogP contribution >= 0.6 is 11.6 Å². The lowest BCUT2D eigenvalue weighted by atomic mass is 9.80. The van der Waals surface area contributed by atoms with Crippen molar-refractivity contribution in [2.75, 3.05) is 0 Å². The van der Waals surface area contributed by atoms with Crippen LogP contribution in [-0.4, -0.2) is 11.7 Å². The topological polar surface area (TPSA) is 26.0 Å². The molecule has 1 nitrogen and oxygen atoms in total. The summed E-state index contributed by atoms with van der Waals surface area (Å²) in [6.45, 7) is 1.99. The molecule has 1 aromatic rings. The van der Waals surface area contributed by atoms with Gasteiger partial charge in [0.25, 0.3) is 0 Å². The molecule has 0 bridgehead atoms. The number of alkyl halides is 1. The molecule has 0 unspecified atom stereocenters. The van der Waals surface area contributed by atoms with E-state index in [1.54, 1.807) is 0 Å². The molecule has 2 N–H and O–H groups in total. The van der Waals surface area contributed by atoms with Crippen LogP contribution in [0.4, 0.5) is 4.39 Å². The zero-order valence-electron chi connectivity index (χ0n) is 10.2. The van der Waals surface area contributed by atoms with Crippen LogP contribution in [0.15, 0.2) is 18.2 Å². The van der Waals surface area contributed by atoms with Gasteiger partial charge in [-0.1, -0.05) is 23.7 Å². The first kappa shape index (κ1) is 12.8. The Morgan fingerprint density at radius 1 is 1.41 bits per heavy atom. The zero-order chi connectivity index (χ0) is 12.5. The summed E-state index contributed by atoms with van der Waals surface area (Å²) in [6, 6.07) is 5.99. The maximum Gasteiger partial charge on any atom is 0.115 e. The summed E-state index contributed by atoms with van der Waals surface area (Å²) >= 11 is 6.15. The Balaban J connectivity index is 2.09. The SMILES string of the molecule is Cc1ccc(CC2(F)CCC(N)CC2)c(Cl)c1. The van der Waals surface area contributed by atoms with Gasteiger partial charge in [-0.3, -0.25) is 0 Å². The number of nitrogens with two attached hydrogens (primary N) is 1. The van der Waals surface area contributed by atoms with Gasteiger partial charge in [0.05, 0.1) is 0 Å². The minimum atomic E-state index is -1.12. The summed E-state index contributed by atoms with van der Waals surface area (Å²) in [5.41, 5.74) is 6.71. The smallest absolute Gasteiger partial charge is 0.115 e. The number of halogens is 2. The first-order chi connectivity index (χ1) is 7.98. The van der Waals surface area contributed by atoms with E-state index in [1.807, 2.05) is 25.1 Å². The second-order valence-corrected chi connectivity index (χ2v) is 5.67. The van der Waals surface area contributed by atoms with E-state index in [-0.39, 0.29) is 6.04 Å². The molecule has 1 fully saturated rings. The molecule has 0 aromatic heterocycles. The molecule has 0 radical (unpaired) electrons. The molecule has 0 amide bonds. The molecular formula is C14H19ClFN. The molecule has 0 spiro atoms. The van der Waals surface area contributed by atoms with Crippen molar-refractivity contribution in [1.29, 1.82) is 0 Å². The van der Waals surface area contributed by atoms with Crippen molar-refractivity contribution >= 4 is 11.6 Å². The van der Waals surface area contributed by atoms with Gasteiger partial charge in [0.2, 0.25) is 0 Å². The molecule has 0 saturated heterocycles. The van der Waals surface area contributed by atoms with Crippen molar-refractivity contribution in [3.05, 3.63) is 34.3 Å². The number of aryl methyl sites for hydroxylation is 1. The molecule has 1 aromatic carbocycles. The second-order valence-electron chi connectivity index (χ2n) is 5.26. The largest absolute Gasteiger partial charge is 0.328 e. The predicted octanol–water partition coefficient (Wildman–Crippen LogP) is 3.80. The van der Waals surface area contributed by atoms with E-state index in [0.717, 1.165) is 24.0 Å². The number of hydrogen-bond acceptors (Lipinski definition) is 1. The van der Waals surface area contributed by atoms with Crippen molar-refractivity contribution in [3.8, 4) is 0 Å². The molecule has 1 aliphatic carbocycles. The molecule has 94 valence electrons. The third-order valence-electron chi connectivity index (χ3n) is 3.64. The van der Waals surface area contributed by atoms with E-state index < -0.39 is 5.67 Å². The Hall–Kier alpha value is -0.600. The summed E-state index contributed by atoms with van der Waals surface area (Å²) in [4.78, 5) is 0. The van der Waals surface area contributed by atoms with Crippen LogP contribution in [0.3, 0.4) is 0 Å². The normalized spacial score (nSPS) is 29.3. The summed E-state index contributed by atoms with van der Waals surface area (Å²) in [5, 5.41) is 0.678. The highest BCUT2D eigenvalue weighted by Crippen LogP contribution is 2.36. The molecule has 17 heavy (non-hydrogen) atoms. The van der Waals surface area contributed by atoms with Gasteiger partial charge in [0.15, 0.2) is 0 Å². The van der Waals surface area contributed by atoms with Crippen molar-refractivity contribution in [2.24, 2.45) is 5.73 Å². The van der Waals surface area contributed by atoms with E-state index in [1.165, 1.54) is 0 Å². The Morgan fingerprint density at radius 2 is 2.06 bits per heavy atom. The molecule has 3 heteroatoms. The van der Waals surface area contributed by atoms with E-state index in [9.17, 15) is 4.39 Å². The number of benzene rings is 1. The van der Waals surface area contributed by atoms with Crippen LogP contribution in [0.2, 0.25) is 5.02 Å². The van der Waals surface area contributed by atoms with Crippen molar-refractivity contribution in [2.45, 2.75) is 50.7 Å². The van der Waals surface area contributed by atoms with Gasteiger partial charge in [-0.2, -0.15) is 0 Å². The third-order valence-corrected chi connectivity index (χ3v) is 3.99. The van der Waals surface area contributed by atoms with E-state index in [0.29, 0.717) is 24.3 Å². The minimum absolute atomic E-state index is 0.173. The summed E-state index contributed by atoms with van der Waals surface area (Å²) in [5.74, 6) is 0. The van der Waals surface area contributed by atoms with Crippen molar-refractivity contribution in [3.63, 3.8) is 0 Å². The van der Waals surface area contributed by atoms with Gasteiger partial charge in [0, 0.05) is 17.5 Å². The third kappa shape index (κ3) is 3.20. The molecule has 2 rings (SSSR count). The maximum atomic E-state index is 14.6. The molecule has 1 aliphatic rings. The van der Waals surface area contributed by atoms with E-state index >= 15 is 0 Å². The maximum absolute atomic E-state index is 14.6. The minimum Gasteiger partial charge on any atom is -0.328 e. The lowest BCUT2D eigenvalue weighted by molar-refractivity contribution is 0.0995. The van der Waals surface area contributed by atoms with Gasteiger partial charge in [-0.25, -0.2) is 4.39 Å². The highest BCUT2D eigenvalue weighted by atomic mass is 35.5. The van der Waals surface area contributed by atoms with Gasteiger partial charge >= 0.3 is 0 Å². The Labute approximate surface area is 107 Å². The molecule has 0 atom stereocenters. The fraction of sp³-hybridized carbons (Fsp3) is 0.571. The quantitative estimate of drug-likeness (QED) is 0.855. The molecule has 0 heterocycles. The van der Waals surface area contributed by atoms with Crippen molar-refractivity contribution < 1.29 is 4.39 Å². The summed E-state index contributed by atoms with van der Waals surface area (Å²) in [7, 11) is 0. The van der Waals surface area contributed by atoms with Gasteiger partial charge < -0.3 is 5.73 Å². The fourth-order valence-corrected chi connectivity index (χ4v) is 2.77. The molecule has 1 saturated carbocycles. The van der Waals surface area contributed by atoms with Crippen LogP contribution in [0.1, 0.15) is 36.8 Å². The standard InChI is InChI=1S/C14H19ClFN/c1-10-2-3-11(13(15)8-10)9-14(16)6-4-12(17)5-7-14/h2-3,8,12H,4-7,9,17H2,1H3. The Morgan fingerprint density at radius 3 is 2.65 bits per heavy atom. The fourth-order valence-electron chi connectivity index (χ4n) is 2.47. The van der Waals surface area contributed by atoms with E-state index in [4.69, 9.17) is 17.3 Å². The predicted molar refractivity (Wildman–Crippen MR) is 70.2 cm³/mol. The van der Waals surface area contributed by atoms with Crippen LogP contribution < -0.4 is 5.73 Å². The highest BCUT2D eigenvalue weighted by molar-refractivity contribution is 6.31. The van der Waals surface area contributed by atoms with Crippen LogP contribution in [0, 0.1) is 6.92 Å². The van der Waals surface area contributed by atoms with Crippen LogP contribution in [0.25, 0.3) is 0 Å². The lowest BCUT2D eigenvalue weighted by Crippen LogP contribution is -2.37. The molecular weight excluding hydrogens is 237 g/mol. The summed E-state index contributed by atoms with van der Waals surface area (Å²) < 4.78 is 14.6. The highest BCUT2D eigenvalue weighted by Gasteiger charge is 2.34. The average Bonchev–Trinajstić information content (AvgIpc) is 2.27. The zero-order valence-corrected chi connectivity index (χ0v) is 10.9. The Bertz CT molecular complexity index is 397. The monoisotopic (exact) mass is 255 g/mol. The first-order valence-electron chi connectivity index (χ1n) is 6.18. The van der Waals surface area contributed by atoms with E-state index in [2.05, 4.69) is 0 Å².